The van der Waals surface area contributed by atoms with Gasteiger partial charge in [0.05, 0.1) is 0 Å². The van der Waals surface area contributed by atoms with Crippen molar-refractivity contribution in [3.05, 3.63) is 0 Å². The lowest BCUT2D eigenvalue weighted by atomic mass is 10.0. The Morgan fingerprint density at radius 1 is 0.632 bits per heavy atom. The largest absolute Gasteiger partial charge is 0.106 e. The van der Waals surface area contributed by atoms with Crippen LogP contribution in [0.3, 0.4) is 0 Å². The van der Waals surface area contributed by atoms with Gasteiger partial charge in [0.25, 0.3) is 0 Å². The van der Waals surface area contributed by atoms with E-state index in [4.69, 9.17) is 6.42 Å². The zero-order chi connectivity index (χ0) is 14.0. The Kier molecular flexibility index (Phi) is 16.3. The van der Waals surface area contributed by atoms with Crippen LogP contribution in [0.4, 0.5) is 0 Å². The van der Waals surface area contributed by atoms with Crippen LogP contribution in [0.5, 0.6) is 0 Å². The van der Waals surface area contributed by atoms with E-state index in [1.54, 1.807) is 0 Å². The zero-order valence-electron chi connectivity index (χ0n) is 13.0. The molecule has 0 unspecified atom stereocenters. The third-order valence-corrected chi connectivity index (χ3v) is 3.57. The Balaban J connectivity index is 2.97. The Hall–Kier alpha value is -0.880. The first-order valence-corrected chi connectivity index (χ1v) is 8.35. The van der Waals surface area contributed by atoms with Crippen LogP contribution < -0.4 is 0 Å². The van der Waals surface area contributed by atoms with Gasteiger partial charge < -0.3 is 0 Å². The van der Waals surface area contributed by atoms with E-state index >= 15 is 0 Å². The molecule has 0 saturated carbocycles. The zero-order valence-corrected chi connectivity index (χ0v) is 13.0. The summed E-state index contributed by atoms with van der Waals surface area (Å²) in [4.78, 5) is 0. The quantitative estimate of drug-likeness (QED) is 0.277. The molecule has 0 atom stereocenters. The summed E-state index contributed by atoms with van der Waals surface area (Å²) in [6.07, 6.45) is 24.2. The van der Waals surface area contributed by atoms with Crippen LogP contribution in [-0.2, 0) is 0 Å². The molecule has 0 aromatic rings. The van der Waals surface area contributed by atoms with Crippen molar-refractivity contribution in [2.24, 2.45) is 0 Å². The van der Waals surface area contributed by atoms with E-state index in [0.29, 0.717) is 0 Å². The van der Waals surface area contributed by atoms with E-state index in [-0.39, 0.29) is 0 Å². The predicted molar refractivity (Wildman–Crippen MR) is 86.9 cm³/mol. The van der Waals surface area contributed by atoms with Gasteiger partial charge in [-0.25, -0.2) is 0 Å². The molecule has 0 heteroatoms. The van der Waals surface area contributed by atoms with Gasteiger partial charge in [0, 0.05) is 6.42 Å². The van der Waals surface area contributed by atoms with Gasteiger partial charge in [-0.15, -0.1) is 6.42 Å². The van der Waals surface area contributed by atoms with Crippen LogP contribution in [0.2, 0.25) is 0 Å². The fourth-order valence-corrected chi connectivity index (χ4v) is 2.34. The maximum absolute atomic E-state index is 5.06. The molecule has 0 N–H and O–H groups in total. The summed E-state index contributed by atoms with van der Waals surface area (Å²) in [5.41, 5.74) is 0. The highest BCUT2D eigenvalue weighted by molar-refractivity contribution is 5.21. The third-order valence-electron chi connectivity index (χ3n) is 3.57. The highest BCUT2D eigenvalue weighted by atomic mass is 14.0. The Morgan fingerprint density at radius 2 is 1.05 bits per heavy atom. The van der Waals surface area contributed by atoms with Gasteiger partial charge in [-0.05, 0) is 18.3 Å². The number of hydrogen-bond donors (Lipinski definition) is 0. The van der Waals surface area contributed by atoms with E-state index in [0.717, 1.165) is 6.42 Å². The summed E-state index contributed by atoms with van der Waals surface area (Å²) in [7, 11) is 0. The Labute approximate surface area is 121 Å². The molecule has 0 aromatic heterocycles. The molecule has 0 aromatic carbocycles. The van der Waals surface area contributed by atoms with Gasteiger partial charge in [0.15, 0.2) is 0 Å². The molecule has 0 aliphatic carbocycles. The van der Waals surface area contributed by atoms with E-state index in [1.807, 2.05) is 0 Å². The van der Waals surface area contributed by atoms with Crippen molar-refractivity contribution in [3.63, 3.8) is 0 Å². The number of rotatable bonds is 13. The highest BCUT2D eigenvalue weighted by Gasteiger charge is 1.93. The van der Waals surface area contributed by atoms with Gasteiger partial charge in [-0.3, -0.25) is 0 Å². The van der Waals surface area contributed by atoms with Crippen molar-refractivity contribution >= 4 is 0 Å². The van der Waals surface area contributed by atoms with Crippen LogP contribution in [0, 0.1) is 24.2 Å². The molecule has 0 aliphatic rings. The predicted octanol–water partition coefficient (Wildman–Crippen LogP) is 6.10. The van der Waals surface area contributed by atoms with Crippen molar-refractivity contribution in [2.75, 3.05) is 0 Å². The summed E-state index contributed by atoms with van der Waals surface area (Å²) in [6.45, 7) is 2.28. The molecule has 0 heterocycles. The summed E-state index contributed by atoms with van der Waals surface area (Å²) in [5.74, 6) is 8.01. The van der Waals surface area contributed by atoms with Gasteiger partial charge in [0.1, 0.15) is 0 Å². The molecule has 0 amide bonds. The number of hydrogen-bond acceptors (Lipinski definition) is 0. The minimum Gasteiger partial charge on any atom is -0.106 e. The van der Waals surface area contributed by atoms with Crippen molar-refractivity contribution in [2.45, 2.75) is 96.8 Å². The van der Waals surface area contributed by atoms with Crippen molar-refractivity contribution in [1.29, 1.82) is 0 Å². The summed E-state index contributed by atoms with van der Waals surface area (Å²) in [6, 6.07) is 0. The Bertz CT molecular complexity index is 258. The molecule has 0 fully saturated rings. The van der Waals surface area contributed by atoms with E-state index in [1.165, 1.54) is 83.5 Å². The topological polar surface area (TPSA) is 0 Å². The SMILES string of the molecule is C#CC#CCCCCCCCCCCCCCCC. The molecule has 0 rings (SSSR count). The van der Waals surface area contributed by atoms with Gasteiger partial charge in [-0.1, -0.05) is 89.9 Å². The molecule has 0 bridgehead atoms. The van der Waals surface area contributed by atoms with Crippen LogP contribution in [-0.4, -0.2) is 0 Å². The van der Waals surface area contributed by atoms with Crippen LogP contribution >= 0.6 is 0 Å². The first kappa shape index (κ1) is 18.1. The van der Waals surface area contributed by atoms with Crippen molar-refractivity contribution in [1.82, 2.24) is 0 Å². The molecule has 0 spiro atoms. The lowest BCUT2D eigenvalue weighted by Gasteiger charge is -2.02. The first-order chi connectivity index (χ1) is 9.41. The molecule has 0 aliphatic heterocycles. The summed E-state index contributed by atoms with van der Waals surface area (Å²) < 4.78 is 0. The van der Waals surface area contributed by atoms with Crippen LogP contribution in [0.15, 0.2) is 0 Å². The van der Waals surface area contributed by atoms with Crippen LogP contribution in [0.25, 0.3) is 0 Å². The molecule has 0 radical (unpaired) electrons. The average Bonchev–Trinajstić information content (AvgIpc) is 2.43. The van der Waals surface area contributed by atoms with Crippen molar-refractivity contribution < 1.29 is 0 Å². The second-order valence-corrected chi connectivity index (χ2v) is 5.44. The summed E-state index contributed by atoms with van der Waals surface area (Å²) in [5, 5.41) is 0. The Morgan fingerprint density at radius 3 is 1.47 bits per heavy atom. The minimum atomic E-state index is 0.974. The second-order valence-electron chi connectivity index (χ2n) is 5.44. The average molecular weight is 260 g/mol. The molecule has 0 nitrogen and oxygen atoms in total. The maximum atomic E-state index is 5.06. The smallest absolute Gasteiger partial charge is 0.00989 e. The van der Waals surface area contributed by atoms with Gasteiger partial charge >= 0.3 is 0 Å². The van der Waals surface area contributed by atoms with Gasteiger partial charge in [0.2, 0.25) is 0 Å². The lowest BCUT2D eigenvalue weighted by Crippen LogP contribution is -1.82. The number of unbranched alkanes of at least 4 members (excludes halogenated alkanes) is 13. The fourth-order valence-electron chi connectivity index (χ4n) is 2.34. The molecule has 19 heavy (non-hydrogen) atoms. The minimum absolute atomic E-state index is 0.974. The third kappa shape index (κ3) is 17.1. The monoisotopic (exact) mass is 260 g/mol. The summed E-state index contributed by atoms with van der Waals surface area (Å²) >= 11 is 0. The van der Waals surface area contributed by atoms with E-state index in [2.05, 4.69) is 24.7 Å². The second kappa shape index (κ2) is 17.1. The lowest BCUT2D eigenvalue weighted by molar-refractivity contribution is 0.540. The fraction of sp³-hybridized carbons (Fsp3) is 0.789. The maximum Gasteiger partial charge on any atom is 0.00989 e. The molecular weight excluding hydrogens is 228 g/mol. The standard InChI is InChI=1S/C19H32/c1-3-5-7-9-11-13-15-17-19-18-16-14-12-10-8-6-4-2/h1H,4,6,8-19H2,2H3. The van der Waals surface area contributed by atoms with Crippen molar-refractivity contribution in [3.8, 4) is 24.2 Å². The normalized spacial score (nSPS) is 9.68. The molecule has 108 valence electrons. The van der Waals surface area contributed by atoms with E-state index < -0.39 is 0 Å². The number of terminal acetylenes is 1. The van der Waals surface area contributed by atoms with Gasteiger partial charge in [-0.2, -0.15) is 0 Å². The van der Waals surface area contributed by atoms with Crippen LogP contribution in [0.1, 0.15) is 96.8 Å². The molecule has 0 saturated heterocycles. The van der Waals surface area contributed by atoms with E-state index in [9.17, 15) is 0 Å². The highest BCUT2D eigenvalue weighted by Crippen LogP contribution is 2.12. The molecular formula is C19H32. The first-order valence-electron chi connectivity index (χ1n) is 8.35.